The fraction of sp³-hybridized carbons (Fsp3) is 0.440. The third-order valence-electron chi connectivity index (χ3n) is 3.61. The van der Waals surface area contributed by atoms with E-state index >= 15 is 0 Å². The summed E-state index contributed by atoms with van der Waals surface area (Å²) in [5.74, 6) is 0. The molecule has 1 aliphatic rings. The van der Waals surface area contributed by atoms with Crippen molar-refractivity contribution in [3.8, 4) is 0 Å². The molecule has 0 spiro atoms. The van der Waals surface area contributed by atoms with E-state index in [1.165, 1.54) is 22.4 Å². The molecule has 0 fully saturated rings. The first-order chi connectivity index (χ1) is 12.7. The Morgan fingerprint density at radius 2 is 1.54 bits per heavy atom. The fourth-order valence-electron chi connectivity index (χ4n) is 2.56. The SMILES string of the molecule is C=C/C1=C(\C=C/C)/C=C\c2ccccc2CN1C(C)C.CC.CC.CC. The van der Waals surface area contributed by atoms with Crippen molar-refractivity contribution in [3.05, 3.63) is 77.5 Å². The maximum Gasteiger partial charge on any atom is 0.0439 e. The number of nitrogens with zero attached hydrogens (tertiary/aromatic N) is 1. The normalized spacial score (nSPS) is 16.6. The van der Waals surface area contributed by atoms with E-state index in [1.807, 2.05) is 54.5 Å². The quantitative estimate of drug-likeness (QED) is 0.530. The Hall–Kier alpha value is -2.02. The molecule has 1 heterocycles. The van der Waals surface area contributed by atoms with Crippen LogP contribution < -0.4 is 0 Å². The lowest BCUT2D eigenvalue weighted by Gasteiger charge is -2.32. The smallest absolute Gasteiger partial charge is 0.0439 e. The van der Waals surface area contributed by atoms with Gasteiger partial charge in [-0.25, -0.2) is 0 Å². The second kappa shape index (κ2) is 16.4. The maximum atomic E-state index is 4.01. The van der Waals surface area contributed by atoms with Crippen molar-refractivity contribution in [1.29, 1.82) is 0 Å². The average Bonchev–Trinajstić information content (AvgIpc) is 2.69. The van der Waals surface area contributed by atoms with Crippen LogP contribution >= 0.6 is 0 Å². The number of hydrogen-bond donors (Lipinski definition) is 0. The van der Waals surface area contributed by atoms with Gasteiger partial charge in [0.2, 0.25) is 0 Å². The number of hydrogen-bond acceptors (Lipinski definition) is 1. The Labute approximate surface area is 163 Å². The van der Waals surface area contributed by atoms with Gasteiger partial charge in [0, 0.05) is 18.3 Å². The number of rotatable bonds is 3. The minimum atomic E-state index is 0.433. The van der Waals surface area contributed by atoms with Gasteiger partial charge in [0.25, 0.3) is 0 Å². The summed E-state index contributed by atoms with van der Waals surface area (Å²) in [5, 5.41) is 0. The first-order valence-electron chi connectivity index (χ1n) is 10.2. The number of allylic oxidation sites excluding steroid dienone is 5. The third-order valence-corrected chi connectivity index (χ3v) is 3.61. The number of fused-ring (bicyclic) bond motifs is 1. The standard InChI is InChI=1S/C19H23N.3C2H6/c1-5-9-17-13-12-16-10-7-8-11-18(16)14-20(15(3)4)19(17)6-2;3*1-2/h5-13,15H,2,14H2,1,3-4H3;3*1-2H3/b9-5-,13-12-,19-17-;;;. The van der Waals surface area contributed by atoms with Crippen LogP contribution in [0.15, 0.2) is 66.4 Å². The van der Waals surface area contributed by atoms with Crippen molar-refractivity contribution in [3.63, 3.8) is 0 Å². The van der Waals surface area contributed by atoms with Crippen molar-refractivity contribution < 1.29 is 0 Å². The Bertz CT molecular complexity index is 574. The molecule has 146 valence electrons. The highest BCUT2D eigenvalue weighted by Crippen LogP contribution is 2.26. The van der Waals surface area contributed by atoms with E-state index in [0.717, 1.165) is 6.54 Å². The molecule has 0 atom stereocenters. The van der Waals surface area contributed by atoms with E-state index in [9.17, 15) is 0 Å². The molecule has 26 heavy (non-hydrogen) atoms. The highest BCUT2D eigenvalue weighted by atomic mass is 15.2. The summed E-state index contributed by atoms with van der Waals surface area (Å²) in [5.41, 5.74) is 5.06. The van der Waals surface area contributed by atoms with E-state index in [1.54, 1.807) is 0 Å². The molecule has 0 aromatic heterocycles. The number of benzene rings is 1. The lowest BCUT2D eigenvalue weighted by molar-refractivity contribution is 0.283. The van der Waals surface area contributed by atoms with Gasteiger partial charge in [-0.2, -0.15) is 0 Å². The molecule has 0 amide bonds. The lowest BCUT2D eigenvalue weighted by atomic mass is 10.00. The van der Waals surface area contributed by atoms with E-state index in [-0.39, 0.29) is 0 Å². The topological polar surface area (TPSA) is 3.24 Å². The Morgan fingerprint density at radius 1 is 0.962 bits per heavy atom. The predicted molar refractivity (Wildman–Crippen MR) is 122 cm³/mol. The first kappa shape index (κ1) is 26.2. The van der Waals surface area contributed by atoms with Gasteiger partial charge in [-0.1, -0.05) is 96.7 Å². The Morgan fingerprint density at radius 3 is 2.04 bits per heavy atom. The van der Waals surface area contributed by atoms with Gasteiger partial charge >= 0.3 is 0 Å². The van der Waals surface area contributed by atoms with Gasteiger partial charge in [0.05, 0.1) is 0 Å². The Balaban J connectivity index is 0. The molecule has 0 unspecified atom stereocenters. The van der Waals surface area contributed by atoms with Crippen molar-refractivity contribution in [1.82, 2.24) is 4.90 Å². The first-order valence-corrected chi connectivity index (χ1v) is 10.2. The van der Waals surface area contributed by atoms with Crippen molar-refractivity contribution >= 4 is 6.08 Å². The van der Waals surface area contributed by atoms with Crippen LogP contribution in [0.2, 0.25) is 0 Å². The summed E-state index contributed by atoms with van der Waals surface area (Å²) in [6.07, 6.45) is 10.6. The fourth-order valence-corrected chi connectivity index (χ4v) is 2.56. The molecule has 0 aliphatic carbocycles. The Kier molecular flexibility index (Phi) is 16.6. The molecular formula is C25H41N. The van der Waals surface area contributed by atoms with E-state index < -0.39 is 0 Å². The van der Waals surface area contributed by atoms with Gasteiger partial charge in [-0.05, 0) is 43.5 Å². The molecule has 1 aromatic carbocycles. The zero-order valence-electron chi connectivity index (χ0n) is 18.6. The summed E-state index contributed by atoms with van der Waals surface area (Å²) in [6.45, 7) is 23.4. The molecule has 1 aromatic rings. The average molecular weight is 356 g/mol. The molecule has 0 saturated carbocycles. The summed E-state index contributed by atoms with van der Waals surface area (Å²) in [7, 11) is 0. The second-order valence-corrected chi connectivity index (χ2v) is 5.30. The summed E-state index contributed by atoms with van der Waals surface area (Å²) >= 11 is 0. The maximum absolute atomic E-state index is 4.01. The van der Waals surface area contributed by atoms with E-state index in [2.05, 4.69) is 73.9 Å². The minimum absolute atomic E-state index is 0.433. The zero-order chi connectivity index (χ0) is 20.5. The monoisotopic (exact) mass is 355 g/mol. The van der Waals surface area contributed by atoms with Crippen molar-refractivity contribution in [2.75, 3.05) is 0 Å². The van der Waals surface area contributed by atoms with Crippen LogP contribution in [0.25, 0.3) is 6.08 Å². The molecule has 1 aliphatic heterocycles. The van der Waals surface area contributed by atoms with Crippen LogP contribution in [-0.2, 0) is 6.54 Å². The van der Waals surface area contributed by atoms with Gasteiger partial charge < -0.3 is 4.90 Å². The van der Waals surface area contributed by atoms with Crippen LogP contribution in [0.4, 0.5) is 0 Å². The summed E-state index contributed by atoms with van der Waals surface area (Å²) in [6, 6.07) is 9.02. The second-order valence-electron chi connectivity index (χ2n) is 5.30. The van der Waals surface area contributed by atoms with Gasteiger partial charge in [-0.15, -0.1) is 0 Å². The molecule has 0 radical (unpaired) electrons. The largest absolute Gasteiger partial charge is 0.364 e. The molecule has 1 heteroatoms. The highest BCUT2D eigenvalue weighted by molar-refractivity contribution is 5.60. The molecule has 2 rings (SSSR count). The van der Waals surface area contributed by atoms with Crippen LogP contribution in [0.1, 0.15) is 73.4 Å². The van der Waals surface area contributed by atoms with Crippen LogP contribution in [-0.4, -0.2) is 10.9 Å². The predicted octanol–water partition coefficient (Wildman–Crippen LogP) is 8.02. The van der Waals surface area contributed by atoms with Gasteiger partial charge in [-0.3, -0.25) is 0 Å². The van der Waals surface area contributed by atoms with Crippen LogP contribution in [0.5, 0.6) is 0 Å². The lowest BCUT2D eigenvalue weighted by Crippen LogP contribution is -2.30. The molecule has 0 saturated heterocycles. The van der Waals surface area contributed by atoms with Crippen molar-refractivity contribution in [2.24, 2.45) is 0 Å². The summed E-state index contributed by atoms with van der Waals surface area (Å²) in [4.78, 5) is 2.41. The van der Waals surface area contributed by atoms with E-state index in [4.69, 9.17) is 0 Å². The molecular weight excluding hydrogens is 314 g/mol. The van der Waals surface area contributed by atoms with E-state index in [0.29, 0.717) is 6.04 Å². The molecule has 0 N–H and O–H groups in total. The van der Waals surface area contributed by atoms with Crippen LogP contribution in [0, 0.1) is 0 Å². The minimum Gasteiger partial charge on any atom is -0.364 e. The van der Waals surface area contributed by atoms with Crippen molar-refractivity contribution in [2.45, 2.75) is 74.9 Å². The van der Waals surface area contributed by atoms with Crippen LogP contribution in [0.3, 0.4) is 0 Å². The van der Waals surface area contributed by atoms with Gasteiger partial charge in [0.15, 0.2) is 0 Å². The van der Waals surface area contributed by atoms with Gasteiger partial charge in [0.1, 0.15) is 0 Å². The molecule has 1 nitrogen and oxygen atoms in total. The summed E-state index contributed by atoms with van der Waals surface area (Å²) < 4.78 is 0. The zero-order valence-corrected chi connectivity index (χ0v) is 18.6. The highest BCUT2D eigenvalue weighted by Gasteiger charge is 2.16. The molecule has 0 bridgehead atoms. The third kappa shape index (κ3) is 7.91.